The highest BCUT2D eigenvalue weighted by atomic mass is 19.1. The summed E-state index contributed by atoms with van der Waals surface area (Å²) in [6.45, 7) is 2.02. The number of rotatable bonds is 3. The third kappa shape index (κ3) is 3.91. The third-order valence-corrected chi connectivity index (χ3v) is 7.87. The van der Waals surface area contributed by atoms with E-state index in [1.807, 2.05) is 22.9 Å². The number of carbonyl (C=O) groups excluding carboxylic acids is 1. The van der Waals surface area contributed by atoms with Gasteiger partial charge in [-0.1, -0.05) is 25.3 Å². The number of benzene rings is 2. The molecule has 3 aliphatic rings. The van der Waals surface area contributed by atoms with E-state index in [9.17, 15) is 19.1 Å². The molecule has 186 valence electrons. The van der Waals surface area contributed by atoms with Gasteiger partial charge in [-0.3, -0.25) is 4.79 Å². The van der Waals surface area contributed by atoms with Crippen molar-refractivity contribution in [3.8, 4) is 11.3 Å². The molecule has 1 saturated carbocycles. The maximum atomic E-state index is 14.5. The van der Waals surface area contributed by atoms with E-state index >= 15 is 0 Å². The number of carboxylic acid groups (broad SMARTS) is 1. The van der Waals surface area contributed by atoms with Crippen molar-refractivity contribution in [2.24, 2.45) is 0 Å². The molecule has 0 radical (unpaired) electrons. The van der Waals surface area contributed by atoms with Crippen LogP contribution >= 0.6 is 0 Å². The number of hydrogen-bond acceptors (Lipinski definition) is 3. The molecular formula is C29H29FN2O4. The van der Waals surface area contributed by atoms with Gasteiger partial charge in [-0.05, 0) is 60.2 Å². The molecule has 1 saturated heterocycles. The Kier molecular flexibility index (Phi) is 5.88. The highest BCUT2D eigenvalue weighted by Gasteiger charge is 2.31. The van der Waals surface area contributed by atoms with Crippen molar-refractivity contribution < 1.29 is 23.8 Å². The van der Waals surface area contributed by atoms with E-state index in [1.54, 1.807) is 17.0 Å². The van der Waals surface area contributed by atoms with Crippen LogP contribution in [0.25, 0.3) is 28.4 Å². The molecule has 1 N–H and O–H groups in total. The Bertz CT molecular complexity index is 1390. The summed E-state index contributed by atoms with van der Waals surface area (Å²) in [5, 5.41) is 10.7. The van der Waals surface area contributed by atoms with Gasteiger partial charge in [0.15, 0.2) is 0 Å². The molecule has 3 heterocycles. The number of morpholine rings is 1. The van der Waals surface area contributed by atoms with Gasteiger partial charge in [0.2, 0.25) is 0 Å². The van der Waals surface area contributed by atoms with Crippen molar-refractivity contribution in [1.29, 1.82) is 0 Å². The normalized spacial score (nSPS) is 18.4. The molecule has 1 aliphatic carbocycles. The highest BCUT2D eigenvalue weighted by Crippen LogP contribution is 2.46. The summed E-state index contributed by atoms with van der Waals surface area (Å²) < 4.78 is 21.9. The predicted molar refractivity (Wildman–Crippen MR) is 135 cm³/mol. The summed E-state index contributed by atoms with van der Waals surface area (Å²) in [5.41, 5.74) is 5.37. The fraction of sp³-hybridized carbons (Fsp3) is 0.379. The number of carboxylic acids is 1. The molecule has 7 heteroatoms. The fourth-order valence-electron chi connectivity index (χ4n) is 6.13. The molecule has 1 aromatic heterocycles. The molecule has 36 heavy (non-hydrogen) atoms. The van der Waals surface area contributed by atoms with Gasteiger partial charge in [0.25, 0.3) is 5.91 Å². The van der Waals surface area contributed by atoms with Crippen LogP contribution < -0.4 is 0 Å². The molecule has 6 nitrogen and oxygen atoms in total. The monoisotopic (exact) mass is 488 g/mol. The molecule has 3 aromatic rings. The van der Waals surface area contributed by atoms with Crippen LogP contribution in [0, 0.1) is 5.82 Å². The minimum Gasteiger partial charge on any atom is -0.478 e. The Morgan fingerprint density at radius 2 is 1.78 bits per heavy atom. The van der Waals surface area contributed by atoms with Crippen LogP contribution in [0.15, 0.2) is 42.0 Å². The summed E-state index contributed by atoms with van der Waals surface area (Å²) >= 11 is 0. The molecule has 2 fully saturated rings. The smallest absolute Gasteiger partial charge is 0.335 e. The summed E-state index contributed by atoms with van der Waals surface area (Å²) in [5.74, 6) is -1.08. The zero-order valence-corrected chi connectivity index (χ0v) is 20.1. The minimum absolute atomic E-state index is 0.0863. The van der Waals surface area contributed by atoms with Crippen molar-refractivity contribution in [3.05, 3.63) is 64.5 Å². The molecule has 0 spiro atoms. The van der Waals surface area contributed by atoms with Crippen LogP contribution in [0.5, 0.6) is 0 Å². The molecule has 1 amide bonds. The average molecular weight is 489 g/mol. The summed E-state index contributed by atoms with van der Waals surface area (Å²) in [6.07, 6.45) is 7.82. The Balaban J connectivity index is 1.63. The lowest BCUT2D eigenvalue weighted by Gasteiger charge is -2.27. The summed E-state index contributed by atoms with van der Waals surface area (Å²) in [7, 11) is 0. The first-order valence-corrected chi connectivity index (χ1v) is 12.8. The summed E-state index contributed by atoms with van der Waals surface area (Å²) in [4.78, 5) is 27.3. The van der Waals surface area contributed by atoms with Gasteiger partial charge < -0.3 is 19.3 Å². The second-order valence-electron chi connectivity index (χ2n) is 10.0. The zero-order chi connectivity index (χ0) is 24.8. The molecule has 0 atom stereocenters. The van der Waals surface area contributed by atoms with Gasteiger partial charge >= 0.3 is 5.97 Å². The first kappa shape index (κ1) is 23.0. The highest BCUT2D eigenvalue weighted by molar-refractivity contribution is 6.03. The Morgan fingerprint density at radius 3 is 2.53 bits per heavy atom. The number of ether oxygens (including phenoxy) is 1. The maximum absolute atomic E-state index is 14.5. The van der Waals surface area contributed by atoms with E-state index in [-0.39, 0.29) is 17.3 Å². The Hall–Kier alpha value is -3.45. The van der Waals surface area contributed by atoms with E-state index < -0.39 is 5.97 Å². The number of aromatic carboxylic acids is 1. The van der Waals surface area contributed by atoms with E-state index in [1.165, 1.54) is 24.1 Å². The van der Waals surface area contributed by atoms with E-state index in [0.717, 1.165) is 53.4 Å². The second-order valence-corrected chi connectivity index (χ2v) is 10.0. The Labute approximate surface area is 209 Å². The summed E-state index contributed by atoms with van der Waals surface area (Å²) in [6, 6.07) is 10.1. The van der Waals surface area contributed by atoms with Crippen molar-refractivity contribution in [2.45, 2.75) is 44.4 Å². The number of aromatic nitrogens is 1. The largest absolute Gasteiger partial charge is 0.478 e. The third-order valence-electron chi connectivity index (χ3n) is 7.87. The number of fused-ring (bicyclic) bond motifs is 5. The van der Waals surface area contributed by atoms with E-state index in [0.29, 0.717) is 44.2 Å². The van der Waals surface area contributed by atoms with Crippen molar-refractivity contribution in [3.63, 3.8) is 0 Å². The van der Waals surface area contributed by atoms with Crippen LogP contribution in [-0.2, 0) is 16.0 Å². The molecule has 0 unspecified atom stereocenters. The quantitative estimate of drug-likeness (QED) is 0.532. The van der Waals surface area contributed by atoms with E-state index in [2.05, 4.69) is 0 Å². The van der Waals surface area contributed by atoms with Crippen LogP contribution in [0.2, 0.25) is 0 Å². The fourth-order valence-corrected chi connectivity index (χ4v) is 6.13. The number of hydrogen-bond donors (Lipinski definition) is 1. The van der Waals surface area contributed by atoms with Gasteiger partial charge in [-0.2, -0.15) is 0 Å². The van der Waals surface area contributed by atoms with Crippen molar-refractivity contribution in [1.82, 2.24) is 9.47 Å². The number of halogens is 1. The van der Waals surface area contributed by atoms with Gasteiger partial charge in [-0.15, -0.1) is 0 Å². The van der Waals surface area contributed by atoms with Gasteiger partial charge in [0.1, 0.15) is 5.82 Å². The van der Waals surface area contributed by atoms with Crippen molar-refractivity contribution >= 4 is 29.0 Å². The second kappa shape index (κ2) is 9.21. The lowest BCUT2D eigenvalue weighted by Crippen LogP contribution is -2.41. The van der Waals surface area contributed by atoms with Crippen LogP contribution in [0.4, 0.5) is 4.39 Å². The topological polar surface area (TPSA) is 71.8 Å². The molecular weight excluding hydrogens is 459 g/mol. The van der Waals surface area contributed by atoms with E-state index in [4.69, 9.17) is 4.74 Å². The predicted octanol–water partition coefficient (Wildman–Crippen LogP) is 5.45. The lowest BCUT2D eigenvalue weighted by atomic mass is 9.81. The number of amides is 1. The van der Waals surface area contributed by atoms with Gasteiger partial charge in [0, 0.05) is 42.2 Å². The lowest BCUT2D eigenvalue weighted by molar-refractivity contribution is -0.131. The average Bonchev–Trinajstić information content (AvgIpc) is 3.12. The minimum atomic E-state index is -0.989. The maximum Gasteiger partial charge on any atom is 0.335 e. The van der Waals surface area contributed by atoms with Gasteiger partial charge in [-0.25, -0.2) is 9.18 Å². The SMILES string of the molecule is O=C(O)c1ccc2c(C3CCCCC3)c3n(c2c1)C=C(C(=O)N1CCOCC1)Cc1cc(F)ccc1-3. The van der Waals surface area contributed by atoms with Crippen LogP contribution in [0.3, 0.4) is 0 Å². The van der Waals surface area contributed by atoms with Gasteiger partial charge in [0.05, 0.1) is 30.0 Å². The molecule has 6 rings (SSSR count). The zero-order valence-electron chi connectivity index (χ0n) is 20.1. The van der Waals surface area contributed by atoms with Crippen LogP contribution in [-0.4, -0.2) is 52.8 Å². The first-order valence-electron chi connectivity index (χ1n) is 12.8. The first-order chi connectivity index (χ1) is 17.5. The molecule has 0 bridgehead atoms. The standard InChI is InChI=1S/C29H29FN2O4/c30-22-7-9-23-20(15-22)14-21(28(33)31-10-12-36-13-11-31)17-32-25-16-19(29(34)35)6-8-24(25)26(27(23)32)18-4-2-1-3-5-18/h6-9,15-18H,1-5,10-14H2,(H,34,35). The molecule has 2 aliphatic heterocycles. The number of carbonyl (C=O) groups is 2. The molecule has 2 aromatic carbocycles. The Morgan fingerprint density at radius 1 is 1.00 bits per heavy atom. The van der Waals surface area contributed by atoms with Crippen molar-refractivity contribution in [2.75, 3.05) is 26.3 Å². The van der Waals surface area contributed by atoms with Crippen LogP contribution in [0.1, 0.15) is 59.5 Å². The number of nitrogens with zero attached hydrogens (tertiary/aromatic N) is 2.